The van der Waals surface area contributed by atoms with Crippen LogP contribution in [0, 0.1) is 23.4 Å². The molecule has 0 saturated heterocycles. The Balaban J connectivity index is 1.33. The first-order chi connectivity index (χ1) is 17.4. The predicted octanol–water partition coefficient (Wildman–Crippen LogP) is 7.19. The van der Waals surface area contributed by atoms with Crippen LogP contribution in [-0.4, -0.2) is 25.8 Å². The summed E-state index contributed by atoms with van der Waals surface area (Å²) >= 11 is 0. The first kappa shape index (κ1) is 26.7. The van der Waals surface area contributed by atoms with E-state index in [0.717, 1.165) is 31.2 Å². The summed E-state index contributed by atoms with van der Waals surface area (Å²) in [6.45, 7) is 2.64. The van der Waals surface area contributed by atoms with Crippen molar-refractivity contribution in [1.82, 2.24) is 0 Å². The highest BCUT2D eigenvalue weighted by molar-refractivity contribution is 5.75. The lowest BCUT2D eigenvalue weighted by Gasteiger charge is -2.28. The quantitative estimate of drug-likeness (QED) is 0.282. The van der Waals surface area contributed by atoms with Crippen molar-refractivity contribution in [2.75, 3.05) is 13.7 Å². The Hall–Kier alpha value is -2.38. The number of benzene rings is 2. The second-order valence-electron chi connectivity index (χ2n) is 9.95. The molecule has 0 spiro atoms. The number of carbonyl (C=O) groups is 1. The number of hydrogen-bond acceptors (Lipinski definition) is 4. The van der Waals surface area contributed by atoms with Gasteiger partial charge in [-0.05, 0) is 93.4 Å². The van der Waals surface area contributed by atoms with E-state index in [1.807, 2.05) is 13.0 Å². The number of halogens is 3. The Bertz CT molecular complexity index is 1040. The summed E-state index contributed by atoms with van der Waals surface area (Å²) in [4.78, 5) is 12.7. The second kappa shape index (κ2) is 12.2. The molecule has 2 saturated carbocycles. The summed E-state index contributed by atoms with van der Waals surface area (Å²) in [6, 6.07) is 8.14. The fourth-order valence-corrected chi connectivity index (χ4v) is 5.55. The predicted molar refractivity (Wildman–Crippen MR) is 130 cm³/mol. The van der Waals surface area contributed by atoms with Gasteiger partial charge in [0.25, 0.3) is 0 Å². The van der Waals surface area contributed by atoms with Gasteiger partial charge in [-0.3, -0.25) is 4.79 Å². The molecule has 0 radical (unpaired) electrons. The monoisotopic (exact) mass is 504 g/mol. The fraction of sp³-hybridized carbons (Fsp3) is 0.552. The molecule has 4 nitrogen and oxygen atoms in total. The number of ether oxygens (including phenoxy) is 3. The molecular formula is C29H35F3O4. The van der Waals surface area contributed by atoms with Crippen LogP contribution in [0.2, 0.25) is 0 Å². The van der Waals surface area contributed by atoms with Gasteiger partial charge in [0, 0.05) is 19.3 Å². The summed E-state index contributed by atoms with van der Waals surface area (Å²) < 4.78 is 60.0. The van der Waals surface area contributed by atoms with Gasteiger partial charge < -0.3 is 14.2 Å². The van der Waals surface area contributed by atoms with Crippen LogP contribution in [-0.2, 0) is 20.9 Å². The Morgan fingerprint density at radius 1 is 0.889 bits per heavy atom. The molecule has 2 fully saturated rings. The molecular weight excluding hydrogens is 469 g/mol. The Labute approximate surface area is 211 Å². The van der Waals surface area contributed by atoms with E-state index < -0.39 is 23.5 Å². The van der Waals surface area contributed by atoms with Crippen LogP contribution < -0.4 is 4.74 Å². The molecule has 7 heteroatoms. The van der Waals surface area contributed by atoms with E-state index in [9.17, 15) is 18.0 Å². The lowest BCUT2D eigenvalue weighted by molar-refractivity contribution is -0.140. The average Bonchev–Trinajstić information content (AvgIpc) is 2.91. The Kier molecular flexibility index (Phi) is 9.07. The number of esters is 1. The van der Waals surface area contributed by atoms with E-state index in [4.69, 9.17) is 14.2 Å². The van der Waals surface area contributed by atoms with E-state index in [1.54, 1.807) is 25.3 Å². The van der Waals surface area contributed by atoms with Gasteiger partial charge in [-0.1, -0.05) is 18.2 Å². The zero-order valence-corrected chi connectivity index (χ0v) is 21.0. The van der Waals surface area contributed by atoms with Gasteiger partial charge in [0.1, 0.15) is 5.82 Å². The first-order valence-electron chi connectivity index (χ1n) is 13.0. The molecule has 0 aliphatic heterocycles. The molecule has 2 aliphatic carbocycles. The van der Waals surface area contributed by atoms with Gasteiger partial charge in [0.05, 0.1) is 18.6 Å². The molecule has 196 valence electrons. The van der Waals surface area contributed by atoms with Gasteiger partial charge in [0.15, 0.2) is 11.6 Å². The smallest absolute Gasteiger partial charge is 0.314 e. The molecule has 2 aromatic rings. The van der Waals surface area contributed by atoms with Crippen molar-refractivity contribution in [2.45, 2.75) is 82.8 Å². The molecule has 0 amide bonds. The number of hydrogen-bond donors (Lipinski definition) is 0. The maximum absolute atomic E-state index is 14.9. The third kappa shape index (κ3) is 6.12. The molecule has 0 N–H and O–H groups in total. The summed E-state index contributed by atoms with van der Waals surface area (Å²) in [5.74, 6) is -3.54. The minimum Gasteiger partial charge on any atom is -0.423 e. The minimum absolute atomic E-state index is 0.0657. The number of carbonyl (C=O) groups excluding carboxylic acids is 1. The van der Waals surface area contributed by atoms with E-state index in [2.05, 4.69) is 0 Å². The maximum Gasteiger partial charge on any atom is 0.314 e. The van der Waals surface area contributed by atoms with Crippen LogP contribution in [0.15, 0.2) is 30.3 Å². The Morgan fingerprint density at radius 3 is 2.22 bits per heavy atom. The molecule has 0 heterocycles. The lowest BCUT2D eigenvalue weighted by atomic mass is 9.78. The van der Waals surface area contributed by atoms with E-state index >= 15 is 0 Å². The van der Waals surface area contributed by atoms with Crippen molar-refractivity contribution in [1.29, 1.82) is 0 Å². The van der Waals surface area contributed by atoms with Crippen LogP contribution >= 0.6 is 0 Å². The van der Waals surface area contributed by atoms with Gasteiger partial charge in [-0.25, -0.2) is 8.78 Å². The van der Waals surface area contributed by atoms with Crippen LogP contribution in [0.4, 0.5) is 13.2 Å². The van der Waals surface area contributed by atoms with Crippen molar-refractivity contribution < 1.29 is 32.2 Å². The standard InChI is InChI=1S/C29H35F3O4/c1-3-35-17-22-9-8-21(16-25(22)30)18-4-6-20(7-5-18)29(33)36-26-15-14-24(27(31)28(26)32)19-10-12-23(34-2)13-11-19/h8-9,14-16,18-20,23H,3-7,10-13,17H2,1-2H3. The second-order valence-corrected chi connectivity index (χ2v) is 9.95. The molecule has 4 rings (SSSR count). The molecule has 0 unspecified atom stereocenters. The maximum atomic E-state index is 14.9. The zero-order chi connectivity index (χ0) is 25.7. The summed E-state index contributed by atoms with van der Waals surface area (Å²) in [6.07, 6.45) is 5.76. The third-order valence-electron chi connectivity index (χ3n) is 7.81. The van der Waals surface area contributed by atoms with E-state index in [0.29, 0.717) is 43.4 Å². The van der Waals surface area contributed by atoms with Crippen molar-refractivity contribution >= 4 is 5.97 Å². The number of methoxy groups -OCH3 is 1. The van der Waals surface area contributed by atoms with Crippen LogP contribution in [0.5, 0.6) is 5.75 Å². The van der Waals surface area contributed by atoms with Crippen LogP contribution in [0.25, 0.3) is 0 Å². The highest BCUT2D eigenvalue weighted by Gasteiger charge is 2.31. The average molecular weight is 505 g/mol. The highest BCUT2D eigenvalue weighted by Crippen LogP contribution is 2.39. The normalized spacial score (nSPS) is 24.5. The largest absolute Gasteiger partial charge is 0.423 e. The van der Waals surface area contributed by atoms with Gasteiger partial charge in [-0.2, -0.15) is 4.39 Å². The fourth-order valence-electron chi connectivity index (χ4n) is 5.55. The molecule has 0 bridgehead atoms. The van der Waals surface area contributed by atoms with Gasteiger partial charge in [-0.15, -0.1) is 0 Å². The highest BCUT2D eigenvalue weighted by atomic mass is 19.2. The van der Waals surface area contributed by atoms with Crippen molar-refractivity contribution in [2.24, 2.45) is 5.92 Å². The van der Waals surface area contributed by atoms with Crippen LogP contribution in [0.1, 0.15) is 86.8 Å². The lowest BCUT2D eigenvalue weighted by Crippen LogP contribution is -2.25. The minimum atomic E-state index is -1.11. The molecule has 2 aromatic carbocycles. The zero-order valence-electron chi connectivity index (χ0n) is 21.0. The van der Waals surface area contributed by atoms with E-state index in [1.165, 1.54) is 6.07 Å². The molecule has 2 aliphatic rings. The van der Waals surface area contributed by atoms with Crippen molar-refractivity contribution in [3.05, 3.63) is 64.5 Å². The summed E-state index contributed by atoms with van der Waals surface area (Å²) in [5, 5.41) is 0. The third-order valence-corrected chi connectivity index (χ3v) is 7.81. The van der Waals surface area contributed by atoms with Gasteiger partial charge >= 0.3 is 5.97 Å². The first-order valence-corrected chi connectivity index (χ1v) is 13.0. The van der Waals surface area contributed by atoms with Gasteiger partial charge in [0.2, 0.25) is 5.82 Å². The molecule has 0 atom stereocenters. The van der Waals surface area contributed by atoms with Crippen molar-refractivity contribution in [3.63, 3.8) is 0 Å². The van der Waals surface area contributed by atoms with E-state index in [-0.39, 0.29) is 36.1 Å². The SMILES string of the molecule is CCOCc1ccc(C2CCC(C(=O)Oc3ccc(C4CCC(OC)CC4)c(F)c3F)CC2)cc1F. The molecule has 36 heavy (non-hydrogen) atoms. The summed E-state index contributed by atoms with van der Waals surface area (Å²) in [5.41, 5.74) is 1.77. The van der Waals surface area contributed by atoms with Crippen molar-refractivity contribution in [3.8, 4) is 5.75 Å². The number of rotatable bonds is 8. The molecule has 0 aromatic heterocycles. The van der Waals surface area contributed by atoms with Crippen LogP contribution in [0.3, 0.4) is 0 Å². The summed E-state index contributed by atoms with van der Waals surface area (Å²) in [7, 11) is 1.67. The topological polar surface area (TPSA) is 44.8 Å². The Morgan fingerprint density at radius 2 is 1.58 bits per heavy atom.